The van der Waals surface area contributed by atoms with Crippen LogP contribution < -0.4 is 20.1 Å². The normalized spacial score (nSPS) is 10.8. The van der Waals surface area contributed by atoms with Gasteiger partial charge in [-0.05, 0) is 42.7 Å². The van der Waals surface area contributed by atoms with Crippen molar-refractivity contribution in [1.82, 2.24) is 15.6 Å². The van der Waals surface area contributed by atoms with Gasteiger partial charge in [-0.3, -0.25) is 0 Å². The highest BCUT2D eigenvalue weighted by Crippen LogP contribution is 2.37. The Morgan fingerprint density at radius 1 is 1.14 bits per heavy atom. The Labute approximate surface area is 187 Å². The first kappa shape index (κ1) is 24.1. The molecule has 2 rings (SSSR count). The molecule has 3 N–H and O–H groups in total. The van der Waals surface area contributed by atoms with Gasteiger partial charge in [0, 0.05) is 19.3 Å². The molecule has 0 aliphatic heterocycles. The second-order valence-electron chi connectivity index (χ2n) is 5.71. The summed E-state index contributed by atoms with van der Waals surface area (Å²) in [6.45, 7) is 3.87. The van der Waals surface area contributed by atoms with Gasteiger partial charge in [-0.1, -0.05) is 17.7 Å². The molecule has 1 aromatic heterocycles. The Morgan fingerprint density at radius 2 is 1.82 bits per heavy atom. The van der Waals surface area contributed by atoms with E-state index < -0.39 is 0 Å². The quantitative estimate of drug-likeness (QED) is 0.214. The first-order valence-electron chi connectivity index (χ1n) is 8.63. The van der Waals surface area contributed by atoms with Crippen molar-refractivity contribution in [1.29, 1.82) is 0 Å². The Kier molecular flexibility index (Phi) is 10.8. The van der Waals surface area contributed by atoms with Crippen molar-refractivity contribution >= 4 is 41.5 Å². The van der Waals surface area contributed by atoms with Gasteiger partial charge in [0.25, 0.3) is 0 Å². The number of hydrogen-bond acceptors (Lipinski definition) is 5. The number of methoxy groups -OCH3 is 2. The van der Waals surface area contributed by atoms with E-state index in [2.05, 4.69) is 20.6 Å². The van der Waals surface area contributed by atoms with Gasteiger partial charge in [-0.25, -0.2) is 9.98 Å². The third-order valence-corrected chi connectivity index (χ3v) is 4.02. The Balaban J connectivity index is 0.00000392. The average Bonchev–Trinajstić information content (AvgIpc) is 2.68. The van der Waals surface area contributed by atoms with Gasteiger partial charge in [-0.2, -0.15) is 0 Å². The van der Waals surface area contributed by atoms with Crippen LogP contribution in [-0.4, -0.2) is 43.4 Å². The van der Waals surface area contributed by atoms with Crippen molar-refractivity contribution < 1.29 is 14.6 Å². The van der Waals surface area contributed by atoms with Crippen LogP contribution in [0.25, 0.3) is 0 Å². The largest absolute Gasteiger partial charge is 0.502 e. The number of halogens is 2. The fourth-order valence-electron chi connectivity index (χ4n) is 2.43. The molecule has 28 heavy (non-hydrogen) atoms. The van der Waals surface area contributed by atoms with Crippen molar-refractivity contribution in [2.24, 2.45) is 4.99 Å². The molecule has 0 atom stereocenters. The highest BCUT2D eigenvalue weighted by atomic mass is 127. The van der Waals surface area contributed by atoms with E-state index in [9.17, 15) is 5.11 Å². The smallest absolute Gasteiger partial charge is 0.200 e. The summed E-state index contributed by atoms with van der Waals surface area (Å²) < 4.78 is 10.4. The van der Waals surface area contributed by atoms with E-state index in [0.29, 0.717) is 35.7 Å². The number of ether oxygens (including phenoxy) is 2. The predicted molar refractivity (Wildman–Crippen MR) is 122 cm³/mol. The lowest BCUT2D eigenvalue weighted by atomic mass is 10.2. The van der Waals surface area contributed by atoms with Crippen LogP contribution in [0.15, 0.2) is 35.5 Å². The number of phenolic OH excluding ortho intramolecular Hbond substituents is 1. The molecule has 2 aromatic rings. The lowest BCUT2D eigenvalue weighted by Crippen LogP contribution is -2.38. The zero-order valence-electron chi connectivity index (χ0n) is 16.2. The molecule has 0 aliphatic carbocycles. The summed E-state index contributed by atoms with van der Waals surface area (Å²) in [4.78, 5) is 8.65. The minimum absolute atomic E-state index is 0. The van der Waals surface area contributed by atoms with Gasteiger partial charge in [0.05, 0.1) is 20.8 Å². The molecule has 1 aromatic carbocycles. The van der Waals surface area contributed by atoms with Crippen molar-refractivity contribution in [3.05, 3.63) is 46.7 Å². The molecule has 0 unspecified atom stereocenters. The molecule has 0 aliphatic rings. The van der Waals surface area contributed by atoms with Crippen LogP contribution in [0.2, 0.25) is 5.15 Å². The van der Waals surface area contributed by atoms with Crippen LogP contribution >= 0.6 is 35.6 Å². The molecule has 154 valence electrons. The van der Waals surface area contributed by atoms with E-state index in [1.54, 1.807) is 24.4 Å². The number of guanidine groups is 1. The van der Waals surface area contributed by atoms with Crippen LogP contribution in [0.4, 0.5) is 0 Å². The summed E-state index contributed by atoms with van der Waals surface area (Å²) in [7, 11) is 3.00. The number of aromatic nitrogens is 1. The minimum Gasteiger partial charge on any atom is -0.502 e. The van der Waals surface area contributed by atoms with Gasteiger partial charge < -0.3 is 25.2 Å². The van der Waals surface area contributed by atoms with Crippen molar-refractivity contribution in [3.63, 3.8) is 0 Å². The fourth-order valence-corrected chi connectivity index (χ4v) is 2.54. The summed E-state index contributed by atoms with van der Waals surface area (Å²) in [6.07, 6.45) is 2.57. The van der Waals surface area contributed by atoms with Crippen molar-refractivity contribution in [2.45, 2.75) is 19.9 Å². The number of rotatable bonds is 8. The summed E-state index contributed by atoms with van der Waals surface area (Å²) in [5, 5.41) is 17.0. The van der Waals surface area contributed by atoms with E-state index in [1.165, 1.54) is 14.2 Å². The lowest BCUT2D eigenvalue weighted by Gasteiger charge is -2.13. The van der Waals surface area contributed by atoms with Gasteiger partial charge in [0.1, 0.15) is 5.15 Å². The van der Waals surface area contributed by atoms with Crippen LogP contribution in [0.3, 0.4) is 0 Å². The number of aliphatic imine (C=N–C) groups is 1. The Hall–Kier alpha value is -1.94. The summed E-state index contributed by atoms with van der Waals surface area (Å²) in [6, 6.07) is 7.21. The van der Waals surface area contributed by atoms with Crippen molar-refractivity contribution in [2.75, 3.05) is 27.3 Å². The van der Waals surface area contributed by atoms with Crippen LogP contribution in [-0.2, 0) is 13.0 Å². The average molecular weight is 521 g/mol. The molecule has 9 heteroatoms. The molecule has 0 fully saturated rings. The standard InChI is InChI=1S/C19H25ClN4O3.HI/c1-4-21-19(22-8-7-13-5-6-17(20)23-11-13)24-12-14-9-15(26-2)18(25)16(10-14)27-3;/h5-6,9-11,25H,4,7-8,12H2,1-3H3,(H2,21,22,24);1H. The first-order chi connectivity index (χ1) is 13.1. The van der Waals surface area contributed by atoms with Crippen LogP contribution in [0.1, 0.15) is 18.1 Å². The van der Waals surface area contributed by atoms with Crippen LogP contribution in [0, 0.1) is 0 Å². The number of pyridine rings is 1. The topological polar surface area (TPSA) is 88.0 Å². The number of aromatic hydroxyl groups is 1. The maximum atomic E-state index is 9.99. The molecule has 0 spiro atoms. The molecule has 0 amide bonds. The third kappa shape index (κ3) is 7.23. The molecular weight excluding hydrogens is 495 g/mol. The molecule has 0 radical (unpaired) electrons. The second kappa shape index (κ2) is 12.5. The number of hydrogen-bond donors (Lipinski definition) is 3. The first-order valence-corrected chi connectivity index (χ1v) is 9.01. The number of benzene rings is 1. The molecule has 0 saturated heterocycles. The van der Waals surface area contributed by atoms with E-state index in [4.69, 9.17) is 21.1 Å². The molecule has 0 bridgehead atoms. The van der Waals surface area contributed by atoms with Crippen molar-refractivity contribution in [3.8, 4) is 17.2 Å². The van der Waals surface area contributed by atoms with Crippen LogP contribution in [0.5, 0.6) is 17.2 Å². The Bertz CT molecular complexity index is 747. The van der Waals surface area contributed by atoms with Gasteiger partial charge in [0.15, 0.2) is 17.5 Å². The summed E-state index contributed by atoms with van der Waals surface area (Å²) in [5.41, 5.74) is 1.95. The number of nitrogens with zero attached hydrogens (tertiary/aromatic N) is 2. The molecule has 7 nitrogen and oxygen atoms in total. The maximum Gasteiger partial charge on any atom is 0.200 e. The molecular formula is C19H26ClIN4O3. The third-order valence-electron chi connectivity index (χ3n) is 3.80. The zero-order valence-corrected chi connectivity index (χ0v) is 19.2. The van der Waals surface area contributed by atoms with E-state index >= 15 is 0 Å². The maximum absolute atomic E-state index is 9.99. The van der Waals surface area contributed by atoms with Gasteiger partial charge in [0.2, 0.25) is 5.75 Å². The molecule has 0 saturated carbocycles. The predicted octanol–water partition coefficient (Wildman–Crippen LogP) is 3.37. The highest BCUT2D eigenvalue weighted by molar-refractivity contribution is 14.0. The molecule has 1 heterocycles. The Morgan fingerprint density at radius 3 is 2.36 bits per heavy atom. The SMILES string of the molecule is CCNC(=NCc1cc(OC)c(O)c(OC)c1)NCCc1ccc(Cl)nc1.I. The highest BCUT2D eigenvalue weighted by Gasteiger charge is 2.11. The summed E-state index contributed by atoms with van der Waals surface area (Å²) in [5.74, 6) is 1.39. The van der Waals surface area contributed by atoms with E-state index in [0.717, 1.165) is 24.1 Å². The van der Waals surface area contributed by atoms with E-state index in [1.807, 2.05) is 13.0 Å². The summed E-state index contributed by atoms with van der Waals surface area (Å²) >= 11 is 5.80. The van der Waals surface area contributed by atoms with E-state index in [-0.39, 0.29) is 29.7 Å². The number of phenols is 1. The van der Waals surface area contributed by atoms with Gasteiger partial charge in [-0.15, -0.1) is 24.0 Å². The monoisotopic (exact) mass is 520 g/mol. The zero-order chi connectivity index (χ0) is 19.6. The second-order valence-corrected chi connectivity index (χ2v) is 6.10. The number of nitrogens with one attached hydrogen (secondary N) is 2. The van der Waals surface area contributed by atoms with Gasteiger partial charge >= 0.3 is 0 Å². The lowest BCUT2D eigenvalue weighted by molar-refractivity contribution is 0.339. The fraction of sp³-hybridized carbons (Fsp3) is 0.368. The minimum atomic E-state index is -0.0191.